The lowest BCUT2D eigenvalue weighted by molar-refractivity contribution is -0.113. The van der Waals surface area contributed by atoms with Gasteiger partial charge in [0.15, 0.2) is 0 Å². The second-order valence-electron chi connectivity index (χ2n) is 5.56. The van der Waals surface area contributed by atoms with Gasteiger partial charge in [-0.1, -0.05) is 57.6 Å². The molecule has 21 heavy (non-hydrogen) atoms. The molecule has 0 aliphatic heterocycles. The predicted octanol–water partition coefficient (Wildman–Crippen LogP) is 4.95. The van der Waals surface area contributed by atoms with E-state index < -0.39 is 13.1 Å². The Morgan fingerprint density at radius 3 is 1.86 bits per heavy atom. The van der Waals surface area contributed by atoms with Gasteiger partial charge in [0.1, 0.15) is 0 Å². The van der Waals surface area contributed by atoms with E-state index in [0.29, 0.717) is 6.42 Å². The minimum atomic E-state index is -4.49. The Balaban J connectivity index is 3.28. The largest absolute Gasteiger partial charge is 0.391 e. The van der Waals surface area contributed by atoms with E-state index in [4.69, 9.17) is 9.79 Å². The maximum absolute atomic E-state index is 11.0. The quantitative estimate of drug-likeness (QED) is 0.270. The Bertz CT molecular complexity index is 333. The molecule has 0 spiro atoms. The standard InChI is InChI=1S/C16H31O4P/c1-2-3-4-5-6-7-8-9-10-11-12-13-14-15-16(17)21(18,19)20/h7-8H,2-6,9-15H2,1H3,(H2,18,19,20). The van der Waals surface area contributed by atoms with Crippen LogP contribution in [0.2, 0.25) is 0 Å². The van der Waals surface area contributed by atoms with Crippen molar-refractivity contribution in [3.05, 3.63) is 12.2 Å². The van der Waals surface area contributed by atoms with Crippen molar-refractivity contribution in [3.63, 3.8) is 0 Å². The van der Waals surface area contributed by atoms with Crippen LogP contribution < -0.4 is 0 Å². The van der Waals surface area contributed by atoms with E-state index in [1.807, 2.05) is 0 Å². The highest BCUT2D eigenvalue weighted by Crippen LogP contribution is 2.37. The molecule has 0 aromatic carbocycles. The Kier molecular flexibility index (Phi) is 13.0. The van der Waals surface area contributed by atoms with Gasteiger partial charge in [0.25, 0.3) is 0 Å². The van der Waals surface area contributed by atoms with Crippen LogP contribution in [0.5, 0.6) is 0 Å². The zero-order valence-corrected chi connectivity index (χ0v) is 14.2. The molecule has 0 aliphatic rings. The normalized spacial score (nSPS) is 12.1. The van der Waals surface area contributed by atoms with Crippen LogP contribution in [-0.2, 0) is 9.36 Å². The number of unbranched alkanes of at least 4 members (excludes halogenated alkanes) is 9. The van der Waals surface area contributed by atoms with Gasteiger partial charge in [0.2, 0.25) is 5.52 Å². The summed E-state index contributed by atoms with van der Waals surface area (Å²) in [6.07, 6.45) is 16.8. The first kappa shape index (κ1) is 20.6. The van der Waals surface area contributed by atoms with Crippen LogP contribution in [0.15, 0.2) is 12.2 Å². The smallest absolute Gasteiger partial charge is 0.319 e. The summed E-state index contributed by atoms with van der Waals surface area (Å²) in [5.41, 5.74) is -0.923. The van der Waals surface area contributed by atoms with E-state index >= 15 is 0 Å². The van der Waals surface area contributed by atoms with Gasteiger partial charge in [-0.15, -0.1) is 0 Å². The third-order valence-corrected chi connectivity index (χ3v) is 4.35. The van der Waals surface area contributed by atoms with E-state index in [0.717, 1.165) is 32.1 Å². The van der Waals surface area contributed by atoms with Crippen LogP contribution in [0.1, 0.15) is 84.0 Å². The average Bonchev–Trinajstić information content (AvgIpc) is 2.42. The highest BCUT2D eigenvalue weighted by atomic mass is 31.2. The van der Waals surface area contributed by atoms with Crippen molar-refractivity contribution in [1.82, 2.24) is 0 Å². The van der Waals surface area contributed by atoms with Crippen molar-refractivity contribution >= 4 is 13.1 Å². The molecule has 0 aliphatic carbocycles. The Morgan fingerprint density at radius 1 is 0.857 bits per heavy atom. The fraction of sp³-hybridized carbons (Fsp3) is 0.812. The second kappa shape index (κ2) is 13.2. The molecule has 0 atom stereocenters. The number of hydrogen-bond acceptors (Lipinski definition) is 2. The first-order valence-electron chi connectivity index (χ1n) is 8.22. The van der Waals surface area contributed by atoms with Gasteiger partial charge in [-0.05, 0) is 32.1 Å². The molecule has 0 aromatic heterocycles. The third kappa shape index (κ3) is 14.3. The molecule has 4 nitrogen and oxygen atoms in total. The van der Waals surface area contributed by atoms with E-state index in [1.54, 1.807) is 0 Å². The lowest BCUT2D eigenvalue weighted by atomic mass is 10.1. The molecule has 0 aromatic rings. The van der Waals surface area contributed by atoms with Crippen molar-refractivity contribution in [2.75, 3.05) is 0 Å². The molecule has 0 saturated heterocycles. The lowest BCUT2D eigenvalue weighted by Crippen LogP contribution is -1.98. The fourth-order valence-electron chi connectivity index (χ4n) is 2.14. The van der Waals surface area contributed by atoms with Crippen molar-refractivity contribution in [3.8, 4) is 0 Å². The first-order valence-corrected chi connectivity index (χ1v) is 9.83. The van der Waals surface area contributed by atoms with Crippen molar-refractivity contribution in [1.29, 1.82) is 0 Å². The van der Waals surface area contributed by atoms with Crippen LogP contribution in [0.3, 0.4) is 0 Å². The van der Waals surface area contributed by atoms with Crippen molar-refractivity contribution < 1.29 is 19.1 Å². The van der Waals surface area contributed by atoms with E-state index in [2.05, 4.69) is 19.1 Å². The van der Waals surface area contributed by atoms with Crippen LogP contribution in [0.4, 0.5) is 0 Å². The third-order valence-electron chi connectivity index (χ3n) is 3.48. The molecule has 0 radical (unpaired) electrons. The van der Waals surface area contributed by atoms with Gasteiger partial charge < -0.3 is 9.79 Å². The maximum Gasteiger partial charge on any atom is 0.391 e. The average molecular weight is 318 g/mol. The highest BCUT2D eigenvalue weighted by molar-refractivity contribution is 7.70. The van der Waals surface area contributed by atoms with E-state index in [1.165, 1.54) is 32.1 Å². The Hall–Kier alpha value is -0.440. The second-order valence-corrected chi connectivity index (χ2v) is 7.15. The monoisotopic (exact) mass is 318 g/mol. The van der Waals surface area contributed by atoms with Crippen LogP contribution in [0, 0.1) is 0 Å². The van der Waals surface area contributed by atoms with Gasteiger partial charge in [-0.3, -0.25) is 9.36 Å². The lowest BCUT2D eigenvalue weighted by Gasteiger charge is -2.02. The number of rotatable bonds is 14. The van der Waals surface area contributed by atoms with Crippen molar-refractivity contribution in [2.24, 2.45) is 0 Å². The summed E-state index contributed by atoms with van der Waals surface area (Å²) < 4.78 is 10.6. The fourth-order valence-corrected chi connectivity index (χ4v) is 2.59. The van der Waals surface area contributed by atoms with Gasteiger partial charge in [0, 0.05) is 6.42 Å². The number of carbonyl (C=O) groups excluding carboxylic acids is 1. The summed E-state index contributed by atoms with van der Waals surface area (Å²) >= 11 is 0. The maximum atomic E-state index is 11.0. The van der Waals surface area contributed by atoms with E-state index in [-0.39, 0.29) is 6.42 Å². The molecular formula is C16H31O4P. The van der Waals surface area contributed by atoms with Gasteiger partial charge >= 0.3 is 7.60 Å². The Labute approximate surface area is 129 Å². The topological polar surface area (TPSA) is 74.6 Å². The van der Waals surface area contributed by atoms with Crippen LogP contribution >= 0.6 is 7.60 Å². The van der Waals surface area contributed by atoms with Gasteiger partial charge in [-0.25, -0.2) is 0 Å². The molecular weight excluding hydrogens is 287 g/mol. The first-order chi connectivity index (χ1) is 9.98. The summed E-state index contributed by atoms with van der Waals surface area (Å²) in [5.74, 6) is 0. The SMILES string of the molecule is CCCCCCC=CCCCCCCCC(=O)P(=O)(O)O. The summed E-state index contributed by atoms with van der Waals surface area (Å²) in [6, 6.07) is 0. The molecule has 124 valence electrons. The van der Waals surface area contributed by atoms with Gasteiger partial charge in [-0.2, -0.15) is 0 Å². The molecule has 0 unspecified atom stereocenters. The minimum Gasteiger partial charge on any atom is -0.319 e. The molecule has 5 heteroatoms. The molecule has 0 fully saturated rings. The summed E-state index contributed by atoms with van der Waals surface area (Å²) in [6.45, 7) is 2.22. The summed E-state index contributed by atoms with van der Waals surface area (Å²) in [5, 5.41) is 0. The van der Waals surface area contributed by atoms with Crippen LogP contribution in [0.25, 0.3) is 0 Å². The Morgan fingerprint density at radius 2 is 1.33 bits per heavy atom. The summed E-state index contributed by atoms with van der Waals surface area (Å²) in [4.78, 5) is 28.3. The zero-order valence-electron chi connectivity index (χ0n) is 13.3. The molecule has 0 bridgehead atoms. The number of allylic oxidation sites excluding steroid dienone is 2. The molecule has 0 rings (SSSR count). The molecule has 2 N–H and O–H groups in total. The number of carbonyl (C=O) groups is 1. The zero-order chi connectivity index (χ0) is 16.0. The minimum absolute atomic E-state index is 0.00193. The van der Waals surface area contributed by atoms with E-state index in [9.17, 15) is 9.36 Å². The predicted molar refractivity (Wildman–Crippen MR) is 87.3 cm³/mol. The molecule has 0 heterocycles. The summed E-state index contributed by atoms with van der Waals surface area (Å²) in [7, 11) is -4.49. The van der Waals surface area contributed by atoms with Crippen LogP contribution in [-0.4, -0.2) is 15.3 Å². The molecule has 0 saturated carbocycles. The van der Waals surface area contributed by atoms with Crippen molar-refractivity contribution in [2.45, 2.75) is 84.0 Å². The highest BCUT2D eigenvalue weighted by Gasteiger charge is 2.24. The molecule has 0 amide bonds. The van der Waals surface area contributed by atoms with Gasteiger partial charge in [0.05, 0.1) is 0 Å². The number of hydrogen-bond donors (Lipinski definition) is 2.